The molecule has 1 aromatic rings. The van der Waals surface area contributed by atoms with Crippen LogP contribution >= 0.6 is 22.6 Å². The lowest BCUT2D eigenvalue weighted by Gasteiger charge is -2.17. The molecule has 0 N–H and O–H groups in total. The van der Waals surface area contributed by atoms with Crippen LogP contribution < -0.4 is 0 Å². The second kappa shape index (κ2) is 9.76. The minimum absolute atomic E-state index is 0.492. The van der Waals surface area contributed by atoms with Crippen molar-refractivity contribution in [2.24, 2.45) is 5.41 Å². The monoisotopic (exact) mass is 454 g/mol. The second-order valence-electron chi connectivity index (χ2n) is 9.53. The Morgan fingerprint density at radius 3 is 1.96 bits per heavy atom. The average Bonchev–Trinajstić information content (AvgIpc) is 3.26. The molecule has 0 radical (unpaired) electrons. The van der Waals surface area contributed by atoms with Crippen LogP contribution in [0.25, 0.3) is 0 Å². The molecule has 1 heteroatoms. The first-order chi connectivity index (χ1) is 11.8. The Kier molecular flexibility index (Phi) is 8.30. The molecule has 0 saturated heterocycles. The first-order valence-electron chi connectivity index (χ1n) is 10.6. The van der Waals surface area contributed by atoms with E-state index in [9.17, 15) is 0 Å². The molecular formula is C24H39I. The van der Waals surface area contributed by atoms with Gasteiger partial charge in [0.25, 0.3) is 0 Å². The molecule has 25 heavy (non-hydrogen) atoms. The van der Waals surface area contributed by atoms with Gasteiger partial charge in [0, 0.05) is 3.42 Å². The van der Waals surface area contributed by atoms with E-state index in [0.29, 0.717) is 8.84 Å². The van der Waals surface area contributed by atoms with Crippen LogP contribution in [0, 0.1) is 12.3 Å². The first-order valence-corrected chi connectivity index (χ1v) is 11.6. The fourth-order valence-corrected chi connectivity index (χ4v) is 4.40. The van der Waals surface area contributed by atoms with Crippen molar-refractivity contribution in [3.63, 3.8) is 0 Å². The minimum atomic E-state index is 0.492. The molecule has 0 aromatic heterocycles. The second-order valence-corrected chi connectivity index (χ2v) is 11.8. The van der Waals surface area contributed by atoms with E-state index in [1.807, 2.05) is 0 Å². The fourth-order valence-electron chi connectivity index (χ4n) is 3.75. The standard InChI is InChI=1S/C24H39I/c1-20-21(12-7-5-9-16-23(2,3)4)14-11-15-22(20)13-8-6-10-17-24(25)18-19-24/h11,14-15H,5-10,12-13,16-19H2,1-4H3. The summed E-state index contributed by atoms with van der Waals surface area (Å²) in [5, 5.41) is 0. The summed E-state index contributed by atoms with van der Waals surface area (Å²) in [6, 6.07) is 7.01. The Bertz CT molecular complexity index is 486. The van der Waals surface area contributed by atoms with Gasteiger partial charge in [-0.3, -0.25) is 0 Å². The first kappa shape index (κ1) is 21.3. The molecule has 2 rings (SSSR count). The summed E-state index contributed by atoms with van der Waals surface area (Å²) in [6.45, 7) is 9.41. The van der Waals surface area contributed by atoms with Crippen LogP contribution in [0.5, 0.6) is 0 Å². The maximum absolute atomic E-state index is 2.68. The molecule has 0 amide bonds. The van der Waals surface area contributed by atoms with Crippen LogP contribution in [0.1, 0.15) is 102 Å². The van der Waals surface area contributed by atoms with Gasteiger partial charge in [-0.2, -0.15) is 0 Å². The van der Waals surface area contributed by atoms with Crippen molar-refractivity contribution in [3.05, 3.63) is 34.9 Å². The number of hydrogen-bond acceptors (Lipinski definition) is 0. The Balaban J connectivity index is 1.67. The van der Waals surface area contributed by atoms with Crippen LogP contribution in [0.2, 0.25) is 0 Å². The van der Waals surface area contributed by atoms with E-state index < -0.39 is 0 Å². The third-order valence-electron chi connectivity index (χ3n) is 5.79. The van der Waals surface area contributed by atoms with Gasteiger partial charge in [-0.25, -0.2) is 0 Å². The number of rotatable bonds is 11. The molecule has 0 atom stereocenters. The van der Waals surface area contributed by atoms with E-state index in [2.05, 4.69) is 68.5 Å². The van der Waals surface area contributed by atoms with Crippen LogP contribution in [-0.4, -0.2) is 3.42 Å². The number of hydrogen-bond donors (Lipinski definition) is 0. The van der Waals surface area contributed by atoms with Gasteiger partial charge in [-0.15, -0.1) is 0 Å². The van der Waals surface area contributed by atoms with E-state index >= 15 is 0 Å². The predicted octanol–water partition coefficient (Wildman–Crippen LogP) is 8.21. The maximum atomic E-state index is 2.68. The fraction of sp³-hybridized carbons (Fsp3) is 0.750. The summed E-state index contributed by atoms with van der Waals surface area (Å²) >= 11 is 2.68. The topological polar surface area (TPSA) is 0 Å². The molecular weight excluding hydrogens is 415 g/mol. The highest BCUT2D eigenvalue weighted by Crippen LogP contribution is 2.48. The summed E-state index contributed by atoms with van der Waals surface area (Å²) < 4.78 is 0.709. The highest BCUT2D eigenvalue weighted by atomic mass is 127. The van der Waals surface area contributed by atoms with Gasteiger partial charge in [0.2, 0.25) is 0 Å². The van der Waals surface area contributed by atoms with Crippen molar-refractivity contribution in [2.75, 3.05) is 0 Å². The van der Waals surface area contributed by atoms with Gasteiger partial charge >= 0.3 is 0 Å². The van der Waals surface area contributed by atoms with E-state index in [0.717, 1.165) is 0 Å². The summed E-state index contributed by atoms with van der Waals surface area (Å²) in [4.78, 5) is 0. The Morgan fingerprint density at radius 1 is 0.880 bits per heavy atom. The van der Waals surface area contributed by atoms with E-state index in [-0.39, 0.29) is 0 Å². The third kappa shape index (κ3) is 8.45. The van der Waals surface area contributed by atoms with Crippen molar-refractivity contribution < 1.29 is 0 Å². The number of unbranched alkanes of at least 4 members (excludes halogenated alkanes) is 4. The van der Waals surface area contributed by atoms with Gasteiger partial charge in [0.1, 0.15) is 0 Å². The Labute approximate surface area is 170 Å². The Hall–Kier alpha value is -0.0500. The van der Waals surface area contributed by atoms with Crippen LogP contribution in [0.15, 0.2) is 18.2 Å². The van der Waals surface area contributed by atoms with Crippen LogP contribution in [0.3, 0.4) is 0 Å². The lowest BCUT2D eigenvalue weighted by Crippen LogP contribution is -2.04. The molecule has 1 aliphatic carbocycles. The normalized spacial score (nSPS) is 16.2. The molecule has 1 aliphatic rings. The molecule has 142 valence electrons. The molecule has 0 nitrogen and oxygen atoms in total. The van der Waals surface area contributed by atoms with E-state index in [4.69, 9.17) is 0 Å². The molecule has 1 fully saturated rings. The number of halogens is 1. The largest absolute Gasteiger partial charge is 0.0789 e. The summed E-state index contributed by atoms with van der Waals surface area (Å²) in [6.07, 6.45) is 16.6. The number of aryl methyl sites for hydroxylation is 2. The summed E-state index contributed by atoms with van der Waals surface area (Å²) in [5.74, 6) is 0. The van der Waals surface area contributed by atoms with Gasteiger partial charge in [0.05, 0.1) is 0 Å². The van der Waals surface area contributed by atoms with Crippen molar-refractivity contribution in [1.82, 2.24) is 0 Å². The van der Waals surface area contributed by atoms with Crippen molar-refractivity contribution in [1.29, 1.82) is 0 Å². The molecule has 0 unspecified atom stereocenters. The van der Waals surface area contributed by atoms with Gasteiger partial charge in [0.15, 0.2) is 0 Å². The SMILES string of the molecule is Cc1c(CCCCCC(C)(C)C)cccc1CCCCCC1(I)CC1. The van der Waals surface area contributed by atoms with Crippen LogP contribution in [0.4, 0.5) is 0 Å². The molecule has 1 aromatic carbocycles. The smallest absolute Gasteiger partial charge is 0.0223 e. The molecule has 0 heterocycles. The van der Waals surface area contributed by atoms with Crippen LogP contribution in [-0.2, 0) is 12.8 Å². The zero-order chi connectivity index (χ0) is 18.3. The quantitative estimate of drug-likeness (QED) is 0.180. The Morgan fingerprint density at radius 2 is 1.44 bits per heavy atom. The van der Waals surface area contributed by atoms with Crippen molar-refractivity contribution in [3.8, 4) is 0 Å². The minimum Gasteiger partial charge on any atom is -0.0789 e. The summed E-state index contributed by atoms with van der Waals surface area (Å²) in [5.41, 5.74) is 5.26. The summed E-state index contributed by atoms with van der Waals surface area (Å²) in [7, 11) is 0. The van der Waals surface area contributed by atoms with Crippen molar-refractivity contribution in [2.45, 2.75) is 108 Å². The maximum Gasteiger partial charge on any atom is 0.0223 e. The third-order valence-corrected chi connectivity index (χ3v) is 7.41. The zero-order valence-corrected chi connectivity index (χ0v) is 19.3. The lowest BCUT2D eigenvalue weighted by molar-refractivity contribution is 0.358. The lowest BCUT2D eigenvalue weighted by atomic mass is 9.89. The average molecular weight is 454 g/mol. The number of alkyl halides is 1. The van der Waals surface area contributed by atoms with Gasteiger partial charge < -0.3 is 0 Å². The van der Waals surface area contributed by atoms with Gasteiger partial charge in [-0.05, 0) is 80.4 Å². The van der Waals surface area contributed by atoms with E-state index in [1.165, 1.54) is 77.0 Å². The van der Waals surface area contributed by atoms with Crippen molar-refractivity contribution >= 4 is 22.6 Å². The zero-order valence-electron chi connectivity index (χ0n) is 17.1. The number of benzene rings is 1. The molecule has 0 spiro atoms. The highest BCUT2D eigenvalue weighted by Gasteiger charge is 2.38. The molecule has 0 bridgehead atoms. The molecule has 1 saturated carbocycles. The van der Waals surface area contributed by atoms with E-state index in [1.54, 1.807) is 16.7 Å². The van der Waals surface area contributed by atoms with Gasteiger partial charge in [-0.1, -0.05) is 87.2 Å². The predicted molar refractivity (Wildman–Crippen MR) is 121 cm³/mol. The molecule has 0 aliphatic heterocycles. The highest BCUT2D eigenvalue weighted by molar-refractivity contribution is 14.1.